The number of aromatic nitrogens is 1. The van der Waals surface area contributed by atoms with E-state index in [9.17, 15) is 0 Å². The van der Waals surface area contributed by atoms with Crippen molar-refractivity contribution < 1.29 is 4.52 Å². The van der Waals surface area contributed by atoms with Gasteiger partial charge < -0.3 is 10.3 Å². The molecule has 0 amide bonds. The van der Waals surface area contributed by atoms with Crippen molar-refractivity contribution in [2.24, 2.45) is 0 Å². The molecule has 0 saturated heterocycles. The maximum atomic E-state index is 5.51. The van der Waals surface area contributed by atoms with Crippen LogP contribution in [0.3, 0.4) is 0 Å². The number of nitrogen functional groups attached to an aromatic ring is 1. The van der Waals surface area contributed by atoms with Gasteiger partial charge in [-0.3, -0.25) is 0 Å². The van der Waals surface area contributed by atoms with E-state index in [-0.39, 0.29) is 0 Å². The van der Waals surface area contributed by atoms with Gasteiger partial charge in [-0.25, -0.2) is 0 Å². The van der Waals surface area contributed by atoms with Gasteiger partial charge in [0.2, 0.25) is 0 Å². The normalized spacial score (nSPS) is 12.6. The van der Waals surface area contributed by atoms with Crippen molar-refractivity contribution >= 4 is 5.82 Å². The zero-order valence-corrected chi connectivity index (χ0v) is 9.60. The van der Waals surface area contributed by atoms with Crippen LogP contribution in [0.5, 0.6) is 0 Å². The van der Waals surface area contributed by atoms with Gasteiger partial charge in [0.05, 0.1) is 0 Å². The van der Waals surface area contributed by atoms with Gasteiger partial charge in [-0.2, -0.15) is 0 Å². The third-order valence-corrected chi connectivity index (χ3v) is 2.90. The van der Waals surface area contributed by atoms with Gasteiger partial charge in [0.1, 0.15) is 0 Å². The average molecular weight is 216 g/mol. The Kier molecular flexibility index (Phi) is 2.95. The molecule has 0 aliphatic rings. The van der Waals surface area contributed by atoms with Crippen LogP contribution >= 0.6 is 0 Å². The average Bonchev–Trinajstić information content (AvgIpc) is 2.75. The largest absolute Gasteiger partial charge is 0.381 e. The SMILES string of the molecule is CCC(C)c1ccc(-c2cc(N)no2)cc1. The Morgan fingerprint density at radius 2 is 2.00 bits per heavy atom. The van der Waals surface area contributed by atoms with Crippen LogP contribution in [0.2, 0.25) is 0 Å². The van der Waals surface area contributed by atoms with Crippen LogP contribution in [0.15, 0.2) is 34.9 Å². The minimum absolute atomic E-state index is 0.418. The van der Waals surface area contributed by atoms with E-state index in [1.807, 2.05) is 12.1 Å². The van der Waals surface area contributed by atoms with Crippen molar-refractivity contribution in [2.45, 2.75) is 26.2 Å². The lowest BCUT2D eigenvalue weighted by molar-refractivity contribution is 0.436. The fraction of sp³-hybridized carbons (Fsp3) is 0.308. The van der Waals surface area contributed by atoms with Gasteiger partial charge in [0, 0.05) is 11.6 Å². The number of benzene rings is 1. The molecule has 2 N–H and O–H groups in total. The molecule has 1 aromatic heterocycles. The van der Waals surface area contributed by atoms with E-state index < -0.39 is 0 Å². The quantitative estimate of drug-likeness (QED) is 0.855. The molecule has 1 heterocycles. The topological polar surface area (TPSA) is 52.0 Å². The Morgan fingerprint density at radius 1 is 1.31 bits per heavy atom. The maximum Gasteiger partial charge on any atom is 0.169 e. The summed E-state index contributed by atoms with van der Waals surface area (Å²) in [4.78, 5) is 0. The van der Waals surface area contributed by atoms with E-state index in [4.69, 9.17) is 10.3 Å². The van der Waals surface area contributed by atoms with Crippen LogP contribution in [0.25, 0.3) is 11.3 Å². The van der Waals surface area contributed by atoms with E-state index in [2.05, 4.69) is 31.1 Å². The Labute approximate surface area is 95.3 Å². The molecule has 16 heavy (non-hydrogen) atoms. The summed E-state index contributed by atoms with van der Waals surface area (Å²) < 4.78 is 5.10. The van der Waals surface area contributed by atoms with Crippen molar-refractivity contribution in [2.75, 3.05) is 5.73 Å². The fourth-order valence-corrected chi connectivity index (χ4v) is 1.64. The first-order valence-electron chi connectivity index (χ1n) is 5.53. The summed E-state index contributed by atoms with van der Waals surface area (Å²) in [6.07, 6.45) is 1.15. The highest BCUT2D eigenvalue weighted by atomic mass is 16.5. The molecule has 2 aromatic rings. The van der Waals surface area contributed by atoms with Crippen molar-refractivity contribution in [3.63, 3.8) is 0 Å². The first-order chi connectivity index (χ1) is 7.70. The zero-order valence-electron chi connectivity index (χ0n) is 9.60. The molecule has 1 aromatic carbocycles. The maximum absolute atomic E-state index is 5.51. The molecule has 0 spiro atoms. The van der Waals surface area contributed by atoms with Crippen LogP contribution in [0.1, 0.15) is 31.7 Å². The molecule has 3 nitrogen and oxygen atoms in total. The molecule has 0 aliphatic carbocycles. The van der Waals surface area contributed by atoms with Crippen LogP contribution in [-0.2, 0) is 0 Å². The van der Waals surface area contributed by atoms with E-state index in [0.717, 1.165) is 12.0 Å². The summed E-state index contributed by atoms with van der Waals surface area (Å²) in [5, 5.41) is 3.67. The summed E-state index contributed by atoms with van der Waals surface area (Å²) >= 11 is 0. The fourth-order valence-electron chi connectivity index (χ4n) is 1.64. The number of nitrogens with two attached hydrogens (primary N) is 1. The number of rotatable bonds is 3. The monoisotopic (exact) mass is 216 g/mol. The number of nitrogens with zero attached hydrogens (tertiary/aromatic N) is 1. The zero-order chi connectivity index (χ0) is 11.5. The lowest BCUT2D eigenvalue weighted by Crippen LogP contribution is -1.90. The van der Waals surface area contributed by atoms with Crippen LogP contribution in [0.4, 0.5) is 5.82 Å². The predicted molar refractivity (Wildman–Crippen MR) is 65.1 cm³/mol. The predicted octanol–water partition coefficient (Wildman–Crippen LogP) is 3.44. The van der Waals surface area contributed by atoms with Gasteiger partial charge >= 0.3 is 0 Å². The highest BCUT2D eigenvalue weighted by Gasteiger charge is 2.06. The molecule has 84 valence electrons. The minimum atomic E-state index is 0.418. The molecule has 1 unspecified atom stereocenters. The van der Waals surface area contributed by atoms with Gasteiger partial charge in [-0.05, 0) is 17.9 Å². The molecule has 1 atom stereocenters. The van der Waals surface area contributed by atoms with E-state index in [1.165, 1.54) is 5.56 Å². The van der Waals surface area contributed by atoms with Gasteiger partial charge in [-0.1, -0.05) is 43.3 Å². The Balaban J connectivity index is 2.25. The molecule has 2 rings (SSSR count). The van der Waals surface area contributed by atoms with Crippen molar-refractivity contribution in [1.82, 2.24) is 5.16 Å². The van der Waals surface area contributed by atoms with E-state index in [1.54, 1.807) is 6.07 Å². The third-order valence-electron chi connectivity index (χ3n) is 2.90. The summed E-state index contributed by atoms with van der Waals surface area (Å²) in [5.74, 6) is 1.73. The summed E-state index contributed by atoms with van der Waals surface area (Å²) in [7, 11) is 0. The summed E-state index contributed by atoms with van der Waals surface area (Å²) in [6.45, 7) is 4.41. The van der Waals surface area contributed by atoms with Crippen molar-refractivity contribution in [3.05, 3.63) is 35.9 Å². The lowest BCUT2D eigenvalue weighted by atomic mass is 9.97. The van der Waals surface area contributed by atoms with Crippen LogP contribution in [0, 0.1) is 0 Å². The number of hydrogen-bond acceptors (Lipinski definition) is 3. The molecular weight excluding hydrogens is 200 g/mol. The molecular formula is C13H16N2O. The second-order valence-electron chi connectivity index (χ2n) is 4.05. The van der Waals surface area contributed by atoms with E-state index in [0.29, 0.717) is 17.5 Å². The Bertz CT molecular complexity index is 459. The third kappa shape index (κ3) is 2.08. The Morgan fingerprint density at radius 3 is 2.50 bits per heavy atom. The van der Waals surface area contributed by atoms with Gasteiger partial charge in [-0.15, -0.1) is 0 Å². The minimum Gasteiger partial charge on any atom is -0.381 e. The first-order valence-corrected chi connectivity index (χ1v) is 5.53. The molecule has 0 bridgehead atoms. The summed E-state index contributed by atoms with van der Waals surface area (Å²) in [6, 6.07) is 10.1. The highest BCUT2D eigenvalue weighted by Crippen LogP contribution is 2.25. The first kappa shape index (κ1) is 10.7. The smallest absolute Gasteiger partial charge is 0.169 e. The Hall–Kier alpha value is -1.77. The molecule has 0 fully saturated rings. The molecule has 0 aliphatic heterocycles. The van der Waals surface area contributed by atoms with Crippen LogP contribution in [-0.4, -0.2) is 5.16 Å². The van der Waals surface area contributed by atoms with E-state index >= 15 is 0 Å². The number of anilines is 1. The number of hydrogen-bond donors (Lipinski definition) is 1. The van der Waals surface area contributed by atoms with Crippen molar-refractivity contribution in [3.8, 4) is 11.3 Å². The van der Waals surface area contributed by atoms with Gasteiger partial charge in [0.15, 0.2) is 11.6 Å². The molecule has 3 heteroatoms. The lowest BCUT2D eigenvalue weighted by Gasteiger charge is -2.08. The summed E-state index contributed by atoms with van der Waals surface area (Å²) in [5.41, 5.74) is 7.87. The standard InChI is InChI=1S/C13H16N2O/c1-3-9(2)10-4-6-11(7-5-10)12-8-13(14)15-16-12/h4-9H,3H2,1-2H3,(H2,14,15). The van der Waals surface area contributed by atoms with Gasteiger partial charge in [0.25, 0.3) is 0 Å². The second-order valence-corrected chi connectivity index (χ2v) is 4.05. The highest BCUT2D eigenvalue weighted by molar-refractivity contribution is 5.60. The van der Waals surface area contributed by atoms with Crippen molar-refractivity contribution in [1.29, 1.82) is 0 Å². The molecule has 0 saturated carbocycles. The van der Waals surface area contributed by atoms with Crippen LogP contribution < -0.4 is 5.73 Å². The second kappa shape index (κ2) is 4.39. The molecule has 0 radical (unpaired) electrons.